The van der Waals surface area contributed by atoms with Crippen molar-refractivity contribution in [1.29, 1.82) is 0 Å². The molecule has 0 saturated heterocycles. The molecular weight excluding hydrogens is 136 g/mol. The third-order valence-electron chi connectivity index (χ3n) is 1.23. The topological polar surface area (TPSA) is 17.8 Å². The second kappa shape index (κ2) is 2.40. The molecule has 0 unspecified atom stereocenters. The van der Waals surface area contributed by atoms with Crippen molar-refractivity contribution in [1.82, 2.24) is 9.78 Å². The first-order valence-electron chi connectivity index (χ1n) is 2.92. The predicted octanol–water partition coefficient (Wildman–Crippen LogP) is 1.64. The lowest BCUT2D eigenvalue weighted by atomic mass is 10.3. The zero-order chi connectivity index (χ0) is 6.85. The van der Waals surface area contributed by atoms with Crippen LogP contribution in [0.25, 0.3) is 0 Å². The molecule has 1 aromatic rings. The van der Waals surface area contributed by atoms with Crippen LogP contribution in [0.4, 0.5) is 0 Å². The molecular formula is C6H9ClN2. The largest absolute Gasteiger partial charge is 0.274 e. The fourth-order valence-electron chi connectivity index (χ4n) is 0.748. The van der Waals surface area contributed by atoms with Crippen molar-refractivity contribution < 1.29 is 0 Å². The minimum absolute atomic E-state index is 0.625. The lowest BCUT2D eigenvalue weighted by molar-refractivity contribution is 0.767. The van der Waals surface area contributed by atoms with E-state index in [1.54, 1.807) is 4.68 Å². The second-order valence-electron chi connectivity index (χ2n) is 1.97. The first-order valence-corrected chi connectivity index (χ1v) is 3.30. The smallest absolute Gasteiger partial charge is 0.154 e. The molecule has 1 heterocycles. The Morgan fingerprint density at radius 2 is 2.44 bits per heavy atom. The Bertz CT molecular complexity index is 205. The first kappa shape index (κ1) is 6.62. The Labute approximate surface area is 59.4 Å². The van der Waals surface area contributed by atoms with Crippen LogP contribution >= 0.6 is 11.6 Å². The van der Waals surface area contributed by atoms with Gasteiger partial charge in [-0.25, -0.2) is 0 Å². The Morgan fingerprint density at radius 1 is 1.78 bits per heavy atom. The van der Waals surface area contributed by atoms with Gasteiger partial charge in [-0.1, -0.05) is 18.5 Å². The van der Waals surface area contributed by atoms with Crippen molar-refractivity contribution in [3.8, 4) is 0 Å². The zero-order valence-electron chi connectivity index (χ0n) is 5.56. The molecule has 3 heteroatoms. The van der Waals surface area contributed by atoms with E-state index in [2.05, 4.69) is 12.0 Å². The molecule has 2 nitrogen and oxygen atoms in total. The molecule has 50 valence electrons. The van der Waals surface area contributed by atoms with Gasteiger partial charge >= 0.3 is 0 Å². The number of hydrogen-bond acceptors (Lipinski definition) is 1. The van der Waals surface area contributed by atoms with Crippen LogP contribution in [0.3, 0.4) is 0 Å². The maximum atomic E-state index is 5.71. The van der Waals surface area contributed by atoms with Gasteiger partial charge in [-0.05, 0) is 6.42 Å². The van der Waals surface area contributed by atoms with E-state index in [0.717, 1.165) is 12.0 Å². The summed E-state index contributed by atoms with van der Waals surface area (Å²) in [6.07, 6.45) is 2.88. The Morgan fingerprint density at radius 3 is 2.67 bits per heavy atom. The first-order chi connectivity index (χ1) is 4.24. The Balaban J connectivity index is 3.01. The third kappa shape index (κ3) is 1.24. The van der Waals surface area contributed by atoms with E-state index in [1.165, 1.54) is 0 Å². The van der Waals surface area contributed by atoms with Crippen molar-refractivity contribution in [2.24, 2.45) is 7.05 Å². The molecule has 0 aliphatic rings. The van der Waals surface area contributed by atoms with Gasteiger partial charge in [0.2, 0.25) is 0 Å². The lowest BCUT2D eigenvalue weighted by Crippen LogP contribution is -1.84. The van der Waals surface area contributed by atoms with Crippen LogP contribution in [0.5, 0.6) is 0 Å². The van der Waals surface area contributed by atoms with Crippen LogP contribution in [0, 0.1) is 0 Å². The van der Waals surface area contributed by atoms with E-state index in [0.29, 0.717) is 5.15 Å². The monoisotopic (exact) mass is 144 g/mol. The molecule has 0 bridgehead atoms. The van der Waals surface area contributed by atoms with E-state index < -0.39 is 0 Å². The van der Waals surface area contributed by atoms with Gasteiger partial charge in [-0.15, -0.1) is 0 Å². The van der Waals surface area contributed by atoms with Crippen LogP contribution in [0.15, 0.2) is 6.20 Å². The average molecular weight is 145 g/mol. The Hall–Kier alpha value is -0.500. The number of aryl methyl sites for hydroxylation is 2. The van der Waals surface area contributed by atoms with Crippen molar-refractivity contribution in [3.63, 3.8) is 0 Å². The highest BCUT2D eigenvalue weighted by atomic mass is 35.5. The molecule has 9 heavy (non-hydrogen) atoms. The number of hydrogen-bond donors (Lipinski definition) is 0. The number of rotatable bonds is 1. The minimum Gasteiger partial charge on any atom is -0.274 e. The maximum absolute atomic E-state index is 5.71. The molecule has 0 fully saturated rings. The molecule has 1 rings (SSSR count). The SMILES string of the molecule is CCc1cn(C)nc1Cl. The van der Waals surface area contributed by atoms with E-state index in [4.69, 9.17) is 11.6 Å². The molecule has 0 aromatic carbocycles. The summed E-state index contributed by atoms with van der Waals surface area (Å²) in [5.41, 5.74) is 1.11. The van der Waals surface area contributed by atoms with Gasteiger partial charge < -0.3 is 0 Å². The summed E-state index contributed by atoms with van der Waals surface area (Å²) < 4.78 is 1.72. The quantitative estimate of drug-likeness (QED) is 0.586. The summed E-state index contributed by atoms with van der Waals surface area (Å²) in [7, 11) is 1.87. The number of aromatic nitrogens is 2. The van der Waals surface area contributed by atoms with Gasteiger partial charge in [0, 0.05) is 18.8 Å². The molecule has 0 aliphatic carbocycles. The van der Waals surface area contributed by atoms with Crippen LogP contribution < -0.4 is 0 Å². The third-order valence-corrected chi connectivity index (χ3v) is 1.55. The second-order valence-corrected chi connectivity index (χ2v) is 2.33. The van der Waals surface area contributed by atoms with E-state index >= 15 is 0 Å². The van der Waals surface area contributed by atoms with Crippen molar-refractivity contribution in [2.45, 2.75) is 13.3 Å². The summed E-state index contributed by atoms with van der Waals surface area (Å²) in [6, 6.07) is 0. The molecule has 0 aliphatic heterocycles. The van der Waals surface area contributed by atoms with Gasteiger partial charge in [-0.3, -0.25) is 4.68 Å². The van der Waals surface area contributed by atoms with Crippen LogP contribution in [0.1, 0.15) is 12.5 Å². The summed E-state index contributed by atoms with van der Waals surface area (Å²) in [4.78, 5) is 0. The predicted molar refractivity (Wildman–Crippen MR) is 37.6 cm³/mol. The zero-order valence-corrected chi connectivity index (χ0v) is 6.31. The van der Waals surface area contributed by atoms with Crippen LogP contribution in [0.2, 0.25) is 5.15 Å². The van der Waals surface area contributed by atoms with Gasteiger partial charge in [0.25, 0.3) is 0 Å². The fourth-order valence-corrected chi connectivity index (χ4v) is 1.05. The standard InChI is InChI=1S/C6H9ClN2/c1-3-5-4-9(2)8-6(5)7/h4H,3H2,1-2H3. The van der Waals surface area contributed by atoms with Crippen LogP contribution in [-0.4, -0.2) is 9.78 Å². The normalized spacial score (nSPS) is 10.1. The summed E-state index contributed by atoms with van der Waals surface area (Å²) in [5.74, 6) is 0. The van der Waals surface area contributed by atoms with Gasteiger partial charge in [-0.2, -0.15) is 5.10 Å². The number of nitrogens with zero attached hydrogens (tertiary/aromatic N) is 2. The molecule has 0 radical (unpaired) electrons. The Kier molecular flexibility index (Phi) is 1.76. The van der Waals surface area contributed by atoms with Gasteiger partial charge in [0.15, 0.2) is 5.15 Å². The lowest BCUT2D eigenvalue weighted by Gasteiger charge is -1.83. The van der Waals surface area contributed by atoms with Crippen molar-refractivity contribution in [2.75, 3.05) is 0 Å². The molecule has 0 saturated carbocycles. The van der Waals surface area contributed by atoms with Gasteiger partial charge in [0.1, 0.15) is 0 Å². The van der Waals surface area contributed by atoms with E-state index in [-0.39, 0.29) is 0 Å². The summed E-state index contributed by atoms with van der Waals surface area (Å²) in [6.45, 7) is 2.06. The highest BCUT2D eigenvalue weighted by molar-refractivity contribution is 6.30. The number of halogens is 1. The summed E-state index contributed by atoms with van der Waals surface area (Å²) >= 11 is 5.71. The molecule has 0 atom stereocenters. The van der Waals surface area contributed by atoms with E-state index in [1.807, 2.05) is 13.2 Å². The molecule has 1 aromatic heterocycles. The summed E-state index contributed by atoms with van der Waals surface area (Å²) in [5, 5.41) is 4.59. The highest BCUT2D eigenvalue weighted by Crippen LogP contribution is 2.11. The fraction of sp³-hybridized carbons (Fsp3) is 0.500. The molecule has 0 N–H and O–H groups in total. The minimum atomic E-state index is 0.625. The average Bonchev–Trinajstić information content (AvgIpc) is 2.10. The molecule has 0 spiro atoms. The van der Waals surface area contributed by atoms with Gasteiger partial charge in [0.05, 0.1) is 0 Å². The maximum Gasteiger partial charge on any atom is 0.154 e. The molecule has 0 amide bonds. The van der Waals surface area contributed by atoms with Crippen molar-refractivity contribution in [3.05, 3.63) is 16.9 Å². The highest BCUT2D eigenvalue weighted by Gasteiger charge is 1.99. The van der Waals surface area contributed by atoms with Crippen LogP contribution in [-0.2, 0) is 13.5 Å². The van der Waals surface area contributed by atoms with Crippen molar-refractivity contribution >= 4 is 11.6 Å². The van der Waals surface area contributed by atoms with E-state index in [9.17, 15) is 0 Å².